The van der Waals surface area contributed by atoms with Crippen LogP contribution in [0.5, 0.6) is 5.88 Å². The first-order valence-corrected chi connectivity index (χ1v) is 6.73. The molecule has 2 aromatic rings. The van der Waals surface area contributed by atoms with Crippen LogP contribution < -0.4 is 10.1 Å². The van der Waals surface area contributed by atoms with Crippen molar-refractivity contribution in [3.63, 3.8) is 0 Å². The van der Waals surface area contributed by atoms with Gasteiger partial charge in [-0.2, -0.15) is 0 Å². The Bertz CT molecular complexity index is 521. The molecule has 2 aromatic heterocycles. The summed E-state index contributed by atoms with van der Waals surface area (Å²) in [6, 6.07) is 3.84. The van der Waals surface area contributed by atoms with Crippen LogP contribution in [0.3, 0.4) is 0 Å². The van der Waals surface area contributed by atoms with Crippen LogP contribution >= 0.6 is 11.3 Å². The number of pyridine rings is 1. The van der Waals surface area contributed by atoms with Crippen LogP contribution in [-0.4, -0.2) is 22.3 Å². The van der Waals surface area contributed by atoms with E-state index in [-0.39, 0.29) is 0 Å². The summed E-state index contributed by atoms with van der Waals surface area (Å²) in [5.74, 6) is 1.30. The molecule has 6 heteroatoms. The second-order valence-corrected chi connectivity index (χ2v) is 5.29. The van der Waals surface area contributed by atoms with Crippen LogP contribution in [-0.2, 0) is 6.54 Å². The number of hydrogen-bond acceptors (Lipinski definition) is 6. The molecule has 1 aliphatic rings. The number of ether oxygens (including phenoxy) is 1. The Hall–Kier alpha value is -1.69. The number of anilines is 1. The minimum atomic E-state index is 0.630. The molecule has 1 N–H and O–H groups in total. The molecule has 0 amide bonds. The molecule has 5 nitrogen and oxygen atoms in total. The summed E-state index contributed by atoms with van der Waals surface area (Å²) >= 11 is 1.65. The minimum Gasteiger partial charge on any atom is -0.481 e. The van der Waals surface area contributed by atoms with Crippen molar-refractivity contribution in [2.75, 3.05) is 12.4 Å². The lowest BCUT2D eigenvalue weighted by atomic mass is 10.3. The number of rotatable bonds is 5. The van der Waals surface area contributed by atoms with Gasteiger partial charge in [-0.3, -0.25) is 0 Å². The van der Waals surface area contributed by atoms with Crippen molar-refractivity contribution in [2.24, 2.45) is 0 Å². The van der Waals surface area contributed by atoms with Gasteiger partial charge in [0.15, 0.2) is 0 Å². The predicted molar refractivity (Wildman–Crippen MR) is 70.0 cm³/mol. The lowest BCUT2D eigenvalue weighted by Gasteiger charge is -2.03. The number of methoxy groups -OCH3 is 1. The number of nitrogens with zero attached hydrogens (tertiary/aromatic N) is 3. The average Bonchev–Trinajstić information content (AvgIpc) is 3.16. The van der Waals surface area contributed by atoms with Crippen LogP contribution in [0.15, 0.2) is 18.3 Å². The SMILES string of the molecule is COc1ccc(CNc2nnc(C3CC3)s2)cn1. The van der Waals surface area contributed by atoms with E-state index in [0.29, 0.717) is 18.3 Å². The largest absolute Gasteiger partial charge is 0.481 e. The van der Waals surface area contributed by atoms with Gasteiger partial charge >= 0.3 is 0 Å². The fourth-order valence-corrected chi connectivity index (χ4v) is 2.52. The molecule has 1 aliphatic carbocycles. The molecular weight excluding hydrogens is 248 g/mol. The van der Waals surface area contributed by atoms with E-state index in [4.69, 9.17) is 4.74 Å². The Labute approximate surface area is 109 Å². The molecule has 0 aromatic carbocycles. The highest BCUT2D eigenvalue weighted by Gasteiger charge is 2.27. The zero-order valence-electron chi connectivity index (χ0n) is 10.1. The van der Waals surface area contributed by atoms with Gasteiger partial charge < -0.3 is 10.1 Å². The van der Waals surface area contributed by atoms with Gasteiger partial charge in [-0.05, 0) is 18.4 Å². The average molecular weight is 262 g/mol. The maximum Gasteiger partial charge on any atom is 0.212 e. The number of hydrogen-bond donors (Lipinski definition) is 1. The monoisotopic (exact) mass is 262 g/mol. The highest BCUT2D eigenvalue weighted by atomic mass is 32.1. The lowest BCUT2D eigenvalue weighted by Crippen LogP contribution is -1.99. The molecule has 0 aliphatic heterocycles. The van der Waals surface area contributed by atoms with Gasteiger partial charge in [-0.25, -0.2) is 4.98 Å². The van der Waals surface area contributed by atoms with Crippen LogP contribution in [0.4, 0.5) is 5.13 Å². The van der Waals surface area contributed by atoms with Crippen molar-refractivity contribution in [3.05, 3.63) is 28.9 Å². The maximum absolute atomic E-state index is 5.02. The van der Waals surface area contributed by atoms with Gasteiger partial charge in [-0.1, -0.05) is 17.4 Å². The maximum atomic E-state index is 5.02. The molecule has 0 atom stereocenters. The van der Waals surface area contributed by atoms with Crippen molar-refractivity contribution in [1.29, 1.82) is 0 Å². The Morgan fingerprint density at radius 3 is 2.94 bits per heavy atom. The molecule has 94 valence electrons. The van der Waals surface area contributed by atoms with E-state index in [1.807, 2.05) is 12.1 Å². The Morgan fingerprint density at radius 2 is 2.28 bits per heavy atom. The topological polar surface area (TPSA) is 59.9 Å². The lowest BCUT2D eigenvalue weighted by molar-refractivity contribution is 0.397. The molecule has 0 saturated heterocycles. The van der Waals surface area contributed by atoms with E-state index >= 15 is 0 Å². The van der Waals surface area contributed by atoms with Gasteiger partial charge in [0.25, 0.3) is 0 Å². The third-order valence-electron chi connectivity index (χ3n) is 2.82. The van der Waals surface area contributed by atoms with Crippen molar-refractivity contribution in [2.45, 2.75) is 25.3 Å². The Morgan fingerprint density at radius 1 is 1.39 bits per heavy atom. The highest BCUT2D eigenvalue weighted by molar-refractivity contribution is 7.15. The molecule has 1 saturated carbocycles. The normalized spacial score (nSPS) is 14.5. The fourth-order valence-electron chi connectivity index (χ4n) is 1.62. The smallest absolute Gasteiger partial charge is 0.212 e. The van der Waals surface area contributed by atoms with Crippen molar-refractivity contribution < 1.29 is 4.74 Å². The van der Waals surface area contributed by atoms with E-state index in [0.717, 1.165) is 15.7 Å². The van der Waals surface area contributed by atoms with Crippen molar-refractivity contribution in [3.8, 4) is 5.88 Å². The third kappa shape index (κ3) is 2.59. The Kier molecular flexibility index (Phi) is 3.10. The first-order chi connectivity index (χ1) is 8.85. The van der Waals surface area contributed by atoms with Crippen molar-refractivity contribution in [1.82, 2.24) is 15.2 Å². The minimum absolute atomic E-state index is 0.630. The second-order valence-electron chi connectivity index (χ2n) is 4.28. The van der Waals surface area contributed by atoms with Gasteiger partial charge in [0, 0.05) is 24.7 Å². The summed E-state index contributed by atoms with van der Waals surface area (Å²) < 4.78 is 5.02. The Balaban J connectivity index is 1.58. The highest BCUT2D eigenvalue weighted by Crippen LogP contribution is 2.42. The van der Waals surface area contributed by atoms with E-state index in [9.17, 15) is 0 Å². The van der Waals surface area contributed by atoms with Gasteiger partial charge in [0.05, 0.1) is 7.11 Å². The summed E-state index contributed by atoms with van der Waals surface area (Å²) in [6.45, 7) is 0.705. The van der Waals surface area contributed by atoms with Crippen LogP contribution in [0.2, 0.25) is 0 Å². The second kappa shape index (κ2) is 4.89. The number of nitrogens with one attached hydrogen (secondary N) is 1. The zero-order valence-corrected chi connectivity index (χ0v) is 10.9. The van der Waals surface area contributed by atoms with E-state index in [1.165, 1.54) is 12.8 Å². The first-order valence-electron chi connectivity index (χ1n) is 5.91. The summed E-state index contributed by atoms with van der Waals surface area (Å²) in [6.07, 6.45) is 4.32. The zero-order chi connectivity index (χ0) is 12.4. The van der Waals surface area contributed by atoms with Gasteiger partial charge in [0.1, 0.15) is 5.01 Å². The molecule has 1 fully saturated rings. The molecule has 3 rings (SSSR count). The van der Waals surface area contributed by atoms with Gasteiger partial charge in [-0.15, -0.1) is 10.2 Å². The van der Waals surface area contributed by atoms with Crippen LogP contribution in [0, 0.1) is 0 Å². The molecule has 0 radical (unpaired) electrons. The summed E-state index contributed by atoms with van der Waals surface area (Å²) in [7, 11) is 1.61. The number of aromatic nitrogens is 3. The standard InChI is InChI=1S/C12H14N4OS/c1-17-10-5-2-8(6-13-10)7-14-12-16-15-11(18-12)9-3-4-9/h2,5-6,9H,3-4,7H2,1H3,(H,14,16). The van der Waals surface area contributed by atoms with Crippen molar-refractivity contribution >= 4 is 16.5 Å². The van der Waals surface area contributed by atoms with E-state index in [1.54, 1.807) is 24.6 Å². The molecule has 0 unspecified atom stereocenters. The summed E-state index contributed by atoms with van der Waals surface area (Å²) in [5.41, 5.74) is 1.10. The quantitative estimate of drug-likeness (QED) is 0.896. The predicted octanol–water partition coefficient (Wildman–Crippen LogP) is 2.43. The first kappa shape index (κ1) is 11.4. The third-order valence-corrected chi connectivity index (χ3v) is 3.86. The van der Waals surface area contributed by atoms with Crippen LogP contribution in [0.1, 0.15) is 29.3 Å². The molecule has 0 spiro atoms. The molecule has 0 bridgehead atoms. The summed E-state index contributed by atoms with van der Waals surface area (Å²) in [5, 5.41) is 13.6. The van der Waals surface area contributed by atoms with Gasteiger partial charge in [0.2, 0.25) is 11.0 Å². The van der Waals surface area contributed by atoms with Crippen LogP contribution in [0.25, 0.3) is 0 Å². The molecule has 2 heterocycles. The van der Waals surface area contributed by atoms with E-state index in [2.05, 4.69) is 20.5 Å². The summed E-state index contributed by atoms with van der Waals surface area (Å²) in [4.78, 5) is 4.16. The molecule has 18 heavy (non-hydrogen) atoms. The fraction of sp³-hybridized carbons (Fsp3) is 0.417. The van der Waals surface area contributed by atoms with E-state index < -0.39 is 0 Å². The molecular formula is C12H14N4OS.